The molecular formula is C17H21N3. The summed E-state index contributed by atoms with van der Waals surface area (Å²) in [5.74, 6) is 0. The van der Waals surface area contributed by atoms with Crippen LogP contribution in [0, 0.1) is 0 Å². The molecule has 0 aliphatic heterocycles. The lowest BCUT2D eigenvalue weighted by atomic mass is 9.97. The predicted molar refractivity (Wildman–Crippen MR) is 85.8 cm³/mol. The Balaban J connectivity index is 1.71. The number of hydrogen-bond acceptors (Lipinski definition) is 3. The van der Waals surface area contributed by atoms with Crippen molar-refractivity contribution in [2.45, 2.75) is 32.1 Å². The number of nitrogen functional groups attached to an aromatic ring is 1. The van der Waals surface area contributed by atoms with Crippen molar-refractivity contribution in [2.24, 2.45) is 0 Å². The molecule has 1 heterocycles. The van der Waals surface area contributed by atoms with E-state index in [1.165, 1.54) is 25.7 Å². The number of benzene rings is 1. The number of rotatable bonds is 4. The van der Waals surface area contributed by atoms with Gasteiger partial charge in [-0.05, 0) is 50.3 Å². The molecule has 0 amide bonds. The molecule has 1 aromatic carbocycles. The molecule has 1 aromatic heterocycles. The van der Waals surface area contributed by atoms with Crippen LogP contribution < -0.4 is 11.1 Å². The minimum atomic E-state index is 0.786. The zero-order valence-electron chi connectivity index (χ0n) is 11.7. The number of allylic oxidation sites excluding steroid dienone is 1. The van der Waals surface area contributed by atoms with E-state index in [1.807, 2.05) is 24.5 Å². The molecule has 20 heavy (non-hydrogen) atoms. The lowest BCUT2D eigenvalue weighted by molar-refractivity contribution is 0.679. The number of anilines is 2. The number of hydrogen-bond donors (Lipinski definition) is 2. The maximum Gasteiger partial charge on any atom is 0.0422 e. The molecule has 0 saturated carbocycles. The molecule has 0 saturated heterocycles. The molecule has 0 atom stereocenters. The summed E-state index contributed by atoms with van der Waals surface area (Å²) in [5.41, 5.74) is 9.53. The second-order valence-electron chi connectivity index (χ2n) is 5.41. The van der Waals surface area contributed by atoms with Crippen molar-refractivity contribution in [3.05, 3.63) is 42.2 Å². The third-order valence-electron chi connectivity index (χ3n) is 4.00. The molecule has 0 unspecified atom stereocenters. The van der Waals surface area contributed by atoms with Crippen LogP contribution in [0.2, 0.25) is 0 Å². The molecule has 3 nitrogen and oxygen atoms in total. The molecule has 3 N–H and O–H groups in total. The van der Waals surface area contributed by atoms with Crippen molar-refractivity contribution in [1.82, 2.24) is 4.98 Å². The third-order valence-corrected chi connectivity index (χ3v) is 4.00. The molecule has 2 aromatic rings. The van der Waals surface area contributed by atoms with Gasteiger partial charge in [-0.2, -0.15) is 0 Å². The van der Waals surface area contributed by atoms with E-state index in [1.54, 1.807) is 5.57 Å². The molecule has 1 aliphatic rings. The largest absolute Gasteiger partial charge is 0.398 e. The smallest absolute Gasteiger partial charge is 0.0422 e. The average molecular weight is 267 g/mol. The van der Waals surface area contributed by atoms with Gasteiger partial charge >= 0.3 is 0 Å². The van der Waals surface area contributed by atoms with Gasteiger partial charge < -0.3 is 11.1 Å². The van der Waals surface area contributed by atoms with E-state index in [2.05, 4.69) is 22.4 Å². The Hall–Kier alpha value is -2.03. The summed E-state index contributed by atoms with van der Waals surface area (Å²) in [6, 6.07) is 6.03. The molecule has 1 aliphatic carbocycles. The number of nitrogens with two attached hydrogens (primary N) is 1. The number of aromatic nitrogens is 1. The zero-order chi connectivity index (χ0) is 13.8. The highest BCUT2D eigenvalue weighted by Gasteiger charge is 2.05. The Labute approximate surface area is 119 Å². The topological polar surface area (TPSA) is 50.9 Å². The quantitative estimate of drug-likeness (QED) is 0.647. The summed E-state index contributed by atoms with van der Waals surface area (Å²) in [7, 11) is 0. The van der Waals surface area contributed by atoms with E-state index in [4.69, 9.17) is 5.73 Å². The first-order chi connectivity index (χ1) is 9.84. The minimum Gasteiger partial charge on any atom is -0.398 e. The minimum absolute atomic E-state index is 0.786. The van der Waals surface area contributed by atoms with Gasteiger partial charge in [0.2, 0.25) is 0 Å². The average Bonchev–Trinajstić information content (AvgIpc) is 2.51. The van der Waals surface area contributed by atoms with Crippen molar-refractivity contribution in [2.75, 3.05) is 17.6 Å². The van der Waals surface area contributed by atoms with Gasteiger partial charge in [0.1, 0.15) is 0 Å². The molecule has 0 bridgehead atoms. The van der Waals surface area contributed by atoms with Gasteiger partial charge in [-0.15, -0.1) is 0 Å². The Kier molecular flexibility index (Phi) is 3.86. The number of nitrogens with zero attached hydrogens (tertiary/aromatic N) is 1. The van der Waals surface area contributed by atoms with Gasteiger partial charge in [0.15, 0.2) is 0 Å². The van der Waals surface area contributed by atoms with Crippen LogP contribution in [-0.2, 0) is 0 Å². The summed E-state index contributed by atoms with van der Waals surface area (Å²) >= 11 is 0. The Morgan fingerprint density at radius 1 is 1.15 bits per heavy atom. The first-order valence-corrected chi connectivity index (χ1v) is 7.38. The van der Waals surface area contributed by atoms with Gasteiger partial charge in [-0.25, -0.2) is 0 Å². The summed E-state index contributed by atoms with van der Waals surface area (Å²) in [6.07, 6.45) is 12.4. The Bertz CT molecular complexity index is 631. The fraction of sp³-hybridized carbons (Fsp3) is 0.353. The lowest BCUT2D eigenvalue weighted by Crippen LogP contribution is -2.05. The molecular weight excluding hydrogens is 246 g/mol. The maximum atomic E-state index is 5.99. The highest BCUT2D eigenvalue weighted by Crippen LogP contribution is 2.28. The van der Waals surface area contributed by atoms with Crippen molar-refractivity contribution in [3.8, 4) is 0 Å². The third kappa shape index (κ3) is 2.77. The predicted octanol–water partition coefficient (Wildman–Crippen LogP) is 4.12. The Morgan fingerprint density at radius 2 is 2.10 bits per heavy atom. The van der Waals surface area contributed by atoms with Crippen LogP contribution in [0.25, 0.3) is 10.8 Å². The van der Waals surface area contributed by atoms with Crippen LogP contribution in [-0.4, -0.2) is 11.5 Å². The van der Waals surface area contributed by atoms with Crippen molar-refractivity contribution in [3.63, 3.8) is 0 Å². The summed E-state index contributed by atoms with van der Waals surface area (Å²) in [5, 5.41) is 5.71. The van der Waals surface area contributed by atoms with Crippen LogP contribution in [0.15, 0.2) is 42.2 Å². The fourth-order valence-electron chi connectivity index (χ4n) is 2.86. The van der Waals surface area contributed by atoms with Gasteiger partial charge in [-0.1, -0.05) is 11.6 Å². The summed E-state index contributed by atoms with van der Waals surface area (Å²) < 4.78 is 0. The second-order valence-corrected chi connectivity index (χ2v) is 5.41. The van der Waals surface area contributed by atoms with Crippen LogP contribution >= 0.6 is 0 Å². The SMILES string of the molecule is Nc1ccc(NCCC2=CCCCC2)c2ccncc12. The van der Waals surface area contributed by atoms with Crippen LogP contribution in [0.4, 0.5) is 11.4 Å². The monoisotopic (exact) mass is 267 g/mol. The van der Waals surface area contributed by atoms with Crippen molar-refractivity contribution < 1.29 is 0 Å². The first kappa shape index (κ1) is 13.0. The van der Waals surface area contributed by atoms with E-state index < -0.39 is 0 Å². The van der Waals surface area contributed by atoms with E-state index in [9.17, 15) is 0 Å². The Morgan fingerprint density at radius 3 is 2.95 bits per heavy atom. The molecule has 3 heteroatoms. The van der Waals surface area contributed by atoms with E-state index >= 15 is 0 Å². The van der Waals surface area contributed by atoms with Gasteiger partial charge in [0.05, 0.1) is 0 Å². The molecule has 104 valence electrons. The van der Waals surface area contributed by atoms with Crippen LogP contribution in [0.5, 0.6) is 0 Å². The van der Waals surface area contributed by atoms with E-state index in [-0.39, 0.29) is 0 Å². The summed E-state index contributed by atoms with van der Waals surface area (Å²) in [4.78, 5) is 4.15. The molecule has 0 fully saturated rings. The zero-order valence-corrected chi connectivity index (χ0v) is 11.7. The molecule has 0 radical (unpaired) electrons. The van der Waals surface area contributed by atoms with Crippen molar-refractivity contribution >= 4 is 22.1 Å². The van der Waals surface area contributed by atoms with Gasteiger partial charge in [0.25, 0.3) is 0 Å². The highest BCUT2D eigenvalue weighted by atomic mass is 14.9. The molecule has 0 spiro atoms. The number of pyridine rings is 1. The normalized spacial score (nSPS) is 15.1. The van der Waals surface area contributed by atoms with Crippen LogP contribution in [0.3, 0.4) is 0 Å². The van der Waals surface area contributed by atoms with E-state index in [0.717, 1.165) is 35.1 Å². The van der Waals surface area contributed by atoms with Crippen LogP contribution in [0.1, 0.15) is 32.1 Å². The number of fused-ring (bicyclic) bond motifs is 1. The highest BCUT2D eigenvalue weighted by molar-refractivity contribution is 6.00. The number of nitrogens with one attached hydrogen (secondary N) is 1. The maximum absolute atomic E-state index is 5.99. The van der Waals surface area contributed by atoms with E-state index in [0.29, 0.717) is 0 Å². The van der Waals surface area contributed by atoms with Gasteiger partial charge in [0, 0.05) is 41.1 Å². The lowest BCUT2D eigenvalue weighted by Gasteiger charge is -2.14. The summed E-state index contributed by atoms with van der Waals surface area (Å²) in [6.45, 7) is 0.979. The first-order valence-electron chi connectivity index (χ1n) is 7.38. The van der Waals surface area contributed by atoms with Gasteiger partial charge in [-0.3, -0.25) is 4.98 Å². The second kappa shape index (κ2) is 5.95. The fourth-order valence-corrected chi connectivity index (χ4v) is 2.86. The standard InChI is InChI=1S/C17H21N3/c18-16-6-7-17(14-9-10-19-12-15(14)16)20-11-8-13-4-2-1-3-5-13/h4,6-7,9-10,12,20H,1-3,5,8,11,18H2. The molecule has 3 rings (SSSR count). The van der Waals surface area contributed by atoms with Crippen molar-refractivity contribution in [1.29, 1.82) is 0 Å².